The van der Waals surface area contributed by atoms with Crippen LogP contribution >= 0.6 is 11.6 Å². The van der Waals surface area contributed by atoms with Crippen molar-refractivity contribution in [2.45, 2.75) is 42.4 Å². The van der Waals surface area contributed by atoms with Crippen LogP contribution in [-0.4, -0.2) is 88.6 Å². The molecule has 3 rings (SSSR count). The maximum absolute atomic E-state index is 12.6. The van der Waals surface area contributed by atoms with Crippen LogP contribution in [0.1, 0.15) is 19.3 Å². The summed E-state index contributed by atoms with van der Waals surface area (Å²) in [6, 6.07) is 5.37. The Labute approximate surface area is 188 Å². The zero-order valence-electron chi connectivity index (χ0n) is 17.3. The minimum Gasteiger partial charge on any atom is -0.394 e. The quantitative estimate of drug-likeness (QED) is 0.472. The number of morpholine rings is 1. The number of amides is 1. The van der Waals surface area contributed by atoms with Crippen LogP contribution < -0.4 is 10.0 Å². The van der Waals surface area contributed by atoms with Gasteiger partial charge in [0.1, 0.15) is 0 Å². The smallest absolute Gasteiger partial charge is 0.240 e. The second-order valence-corrected chi connectivity index (χ2v) is 9.92. The van der Waals surface area contributed by atoms with E-state index in [0.717, 1.165) is 13.1 Å². The highest BCUT2D eigenvalue weighted by Gasteiger charge is 2.33. The van der Waals surface area contributed by atoms with Gasteiger partial charge in [0.05, 0.1) is 49.5 Å². The van der Waals surface area contributed by atoms with E-state index in [1.807, 2.05) is 0 Å². The van der Waals surface area contributed by atoms with Crippen molar-refractivity contribution in [3.63, 3.8) is 0 Å². The summed E-state index contributed by atoms with van der Waals surface area (Å²) in [6.45, 7) is 3.32. The molecule has 0 aliphatic carbocycles. The number of nitrogens with zero attached hydrogens (tertiary/aromatic N) is 1. The van der Waals surface area contributed by atoms with E-state index < -0.39 is 22.2 Å². The Balaban J connectivity index is 1.43. The number of carbonyl (C=O) groups is 1. The number of aliphatic hydroxyl groups is 1. The van der Waals surface area contributed by atoms with Crippen molar-refractivity contribution in [3.8, 4) is 0 Å². The normalized spacial score (nSPS) is 25.3. The summed E-state index contributed by atoms with van der Waals surface area (Å²) >= 11 is 5.82. The molecule has 2 saturated heterocycles. The van der Waals surface area contributed by atoms with Crippen LogP contribution in [0.15, 0.2) is 29.2 Å². The molecule has 9 nitrogen and oxygen atoms in total. The predicted octanol–water partition coefficient (Wildman–Crippen LogP) is 0.365. The zero-order valence-corrected chi connectivity index (χ0v) is 18.9. The second-order valence-electron chi connectivity index (χ2n) is 7.77. The van der Waals surface area contributed by atoms with Gasteiger partial charge in [-0.3, -0.25) is 9.69 Å². The van der Waals surface area contributed by atoms with Gasteiger partial charge in [-0.1, -0.05) is 11.6 Å². The summed E-state index contributed by atoms with van der Waals surface area (Å²) in [7, 11) is -3.75. The van der Waals surface area contributed by atoms with Gasteiger partial charge in [-0.2, -0.15) is 0 Å². The molecule has 31 heavy (non-hydrogen) atoms. The number of aliphatic hydroxyl groups excluding tert-OH is 1. The Kier molecular flexibility index (Phi) is 9.08. The number of nitrogens with one attached hydrogen (secondary N) is 2. The zero-order chi connectivity index (χ0) is 22.3. The summed E-state index contributed by atoms with van der Waals surface area (Å²) in [5, 5.41) is 13.1. The van der Waals surface area contributed by atoms with Crippen molar-refractivity contribution in [3.05, 3.63) is 29.3 Å². The molecular weight excluding hydrogens is 446 g/mol. The summed E-state index contributed by atoms with van der Waals surface area (Å²) in [4.78, 5) is 14.2. The number of ether oxygens (including phenoxy) is 2. The first-order valence-electron chi connectivity index (χ1n) is 10.5. The fraction of sp³-hybridized carbons (Fsp3) is 0.650. The number of rotatable bonds is 9. The van der Waals surface area contributed by atoms with Gasteiger partial charge in [-0.25, -0.2) is 13.1 Å². The first kappa shape index (κ1) is 24.4. The highest BCUT2D eigenvalue weighted by atomic mass is 35.5. The molecule has 11 heteroatoms. The summed E-state index contributed by atoms with van der Waals surface area (Å²) in [6.07, 6.45) is 0.956. The van der Waals surface area contributed by atoms with Gasteiger partial charge in [-0.15, -0.1) is 0 Å². The van der Waals surface area contributed by atoms with E-state index >= 15 is 0 Å². The average Bonchev–Trinajstić information content (AvgIpc) is 2.75. The van der Waals surface area contributed by atoms with Crippen molar-refractivity contribution < 1.29 is 27.8 Å². The van der Waals surface area contributed by atoms with Crippen LogP contribution in [-0.2, 0) is 24.3 Å². The van der Waals surface area contributed by atoms with E-state index in [4.69, 9.17) is 21.1 Å². The predicted molar refractivity (Wildman–Crippen MR) is 115 cm³/mol. The molecule has 0 bridgehead atoms. The molecule has 0 saturated carbocycles. The number of halogens is 1. The first-order chi connectivity index (χ1) is 14.9. The van der Waals surface area contributed by atoms with Gasteiger partial charge < -0.3 is 19.9 Å². The molecule has 0 aromatic heterocycles. The Hall–Kier alpha value is -1.27. The Bertz CT molecular complexity index is 817. The number of hydrogen-bond acceptors (Lipinski definition) is 7. The average molecular weight is 476 g/mol. The molecule has 3 N–H and O–H groups in total. The van der Waals surface area contributed by atoms with Crippen molar-refractivity contribution >= 4 is 27.5 Å². The molecule has 174 valence electrons. The van der Waals surface area contributed by atoms with E-state index in [-0.39, 0.29) is 23.5 Å². The Morgan fingerprint density at radius 1 is 1.19 bits per heavy atom. The fourth-order valence-corrected chi connectivity index (χ4v) is 5.18. The van der Waals surface area contributed by atoms with Gasteiger partial charge in [0, 0.05) is 24.7 Å². The van der Waals surface area contributed by atoms with E-state index in [0.29, 0.717) is 50.6 Å². The Morgan fingerprint density at radius 3 is 2.58 bits per heavy atom. The molecule has 1 aromatic rings. The third-order valence-corrected chi connectivity index (χ3v) is 7.24. The van der Waals surface area contributed by atoms with Crippen LogP contribution in [0.3, 0.4) is 0 Å². The lowest BCUT2D eigenvalue weighted by atomic mass is 9.98. The molecule has 2 fully saturated rings. The molecule has 2 aliphatic heterocycles. The van der Waals surface area contributed by atoms with E-state index in [9.17, 15) is 18.3 Å². The molecule has 1 aromatic carbocycles. The number of sulfonamides is 1. The molecule has 2 heterocycles. The molecule has 1 amide bonds. The molecule has 0 unspecified atom stereocenters. The monoisotopic (exact) mass is 475 g/mol. The van der Waals surface area contributed by atoms with Gasteiger partial charge in [0.25, 0.3) is 0 Å². The van der Waals surface area contributed by atoms with E-state index in [1.54, 1.807) is 0 Å². The molecule has 0 radical (unpaired) electrons. The van der Waals surface area contributed by atoms with E-state index in [1.165, 1.54) is 24.3 Å². The fourth-order valence-electron chi connectivity index (χ4n) is 3.75. The molecular formula is C20H30ClN3O6S. The van der Waals surface area contributed by atoms with Crippen LogP contribution in [0.5, 0.6) is 0 Å². The maximum Gasteiger partial charge on any atom is 0.240 e. The van der Waals surface area contributed by atoms with E-state index in [2.05, 4.69) is 14.9 Å². The number of carbonyl (C=O) groups excluding carboxylic acids is 1. The van der Waals surface area contributed by atoms with Gasteiger partial charge in [-0.05, 0) is 43.5 Å². The minimum absolute atomic E-state index is 0.0370. The SMILES string of the molecule is O=C(CN1CCOCC1)NCC[C@@H]1CC[C@@H](NS(=O)(=O)c2ccc(Cl)cc2)[C@@H](CO)O1. The lowest BCUT2D eigenvalue weighted by Gasteiger charge is -2.36. The highest BCUT2D eigenvalue weighted by Crippen LogP contribution is 2.23. The largest absolute Gasteiger partial charge is 0.394 e. The highest BCUT2D eigenvalue weighted by molar-refractivity contribution is 7.89. The molecule has 3 atom stereocenters. The Morgan fingerprint density at radius 2 is 1.90 bits per heavy atom. The minimum atomic E-state index is -3.75. The standard InChI is InChI=1S/C20H30ClN3O6S/c21-15-1-4-17(5-2-15)31(27,28)23-18-6-3-16(30-19(18)14-25)7-8-22-20(26)13-24-9-11-29-12-10-24/h1-2,4-5,16,18-19,23,25H,3,6-14H2,(H,22,26)/t16-,18+,19+/m0/s1. The van der Waals surface area contributed by atoms with Crippen LogP contribution in [0.2, 0.25) is 5.02 Å². The summed E-state index contributed by atoms with van der Waals surface area (Å²) < 4.78 is 39.0. The van der Waals surface area contributed by atoms with Crippen molar-refractivity contribution in [2.24, 2.45) is 0 Å². The van der Waals surface area contributed by atoms with Crippen molar-refractivity contribution in [1.82, 2.24) is 14.9 Å². The van der Waals surface area contributed by atoms with Gasteiger partial charge in [0.15, 0.2) is 0 Å². The summed E-state index contributed by atoms with van der Waals surface area (Å²) in [5.74, 6) is -0.0370. The maximum atomic E-state index is 12.6. The second kappa shape index (κ2) is 11.6. The third-order valence-electron chi connectivity index (χ3n) is 5.49. The molecule has 2 aliphatic rings. The lowest BCUT2D eigenvalue weighted by molar-refractivity contribution is -0.123. The first-order valence-corrected chi connectivity index (χ1v) is 12.3. The third kappa shape index (κ3) is 7.38. The lowest BCUT2D eigenvalue weighted by Crippen LogP contribution is -2.51. The summed E-state index contributed by atoms with van der Waals surface area (Å²) in [5.41, 5.74) is 0. The van der Waals surface area contributed by atoms with Crippen LogP contribution in [0.4, 0.5) is 0 Å². The van der Waals surface area contributed by atoms with Crippen LogP contribution in [0.25, 0.3) is 0 Å². The van der Waals surface area contributed by atoms with Gasteiger partial charge in [0.2, 0.25) is 15.9 Å². The van der Waals surface area contributed by atoms with Crippen molar-refractivity contribution in [2.75, 3.05) is 46.0 Å². The van der Waals surface area contributed by atoms with Gasteiger partial charge >= 0.3 is 0 Å². The van der Waals surface area contributed by atoms with Crippen molar-refractivity contribution in [1.29, 1.82) is 0 Å². The topological polar surface area (TPSA) is 117 Å². The number of benzene rings is 1. The molecule has 0 spiro atoms. The van der Waals surface area contributed by atoms with Crippen LogP contribution in [0, 0.1) is 0 Å². The number of hydrogen-bond donors (Lipinski definition) is 3.